The molecular formula is C12H24N2O. The molecule has 3 atom stereocenters. The van der Waals surface area contributed by atoms with E-state index >= 15 is 0 Å². The number of likely N-dealkylation sites (N-methyl/N-ethyl adjacent to an activating group) is 1. The van der Waals surface area contributed by atoms with Gasteiger partial charge in [-0.2, -0.15) is 0 Å². The van der Waals surface area contributed by atoms with E-state index in [1.165, 1.54) is 38.5 Å². The molecule has 0 aromatic rings. The van der Waals surface area contributed by atoms with Gasteiger partial charge >= 0.3 is 0 Å². The molecule has 0 bridgehead atoms. The summed E-state index contributed by atoms with van der Waals surface area (Å²) in [5.74, 6) is 0. The highest BCUT2D eigenvalue weighted by molar-refractivity contribution is 4.87. The van der Waals surface area contributed by atoms with Crippen LogP contribution in [0.25, 0.3) is 0 Å². The Morgan fingerprint density at radius 3 is 2.67 bits per heavy atom. The number of ether oxygens (including phenoxy) is 1. The van der Waals surface area contributed by atoms with E-state index < -0.39 is 0 Å². The van der Waals surface area contributed by atoms with Crippen molar-refractivity contribution in [1.29, 1.82) is 0 Å². The molecule has 1 saturated carbocycles. The number of hydrogen-bond donors (Lipinski definition) is 1. The van der Waals surface area contributed by atoms with Crippen LogP contribution in [0.5, 0.6) is 0 Å². The summed E-state index contributed by atoms with van der Waals surface area (Å²) in [5, 5.41) is 0. The zero-order valence-electron chi connectivity index (χ0n) is 9.82. The van der Waals surface area contributed by atoms with Crippen LogP contribution >= 0.6 is 0 Å². The molecule has 3 heteroatoms. The minimum atomic E-state index is 0.388. The zero-order valence-corrected chi connectivity index (χ0v) is 9.82. The Bertz CT molecular complexity index is 192. The van der Waals surface area contributed by atoms with Gasteiger partial charge in [0.1, 0.15) is 0 Å². The molecule has 88 valence electrons. The van der Waals surface area contributed by atoms with E-state index in [4.69, 9.17) is 10.5 Å². The average molecular weight is 212 g/mol. The molecule has 0 aromatic carbocycles. The number of hydrogen-bond acceptors (Lipinski definition) is 3. The Morgan fingerprint density at radius 1 is 1.20 bits per heavy atom. The van der Waals surface area contributed by atoms with E-state index in [0.29, 0.717) is 18.2 Å². The first-order chi connectivity index (χ1) is 7.27. The fourth-order valence-electron chi connectivity index (χ4n) is 2.92. The summed E-state index contributed by atoms with van der Waals surface area (Å²) in [6, 6.07) is 0.981. The number of nitrogens with zero attached hydrogens (tertiary/aromatic N) is 1. The first-order valence-electron chi connectivity index (χ1n) is 6.35. The molecule has 1 aliphatic carbocycles. The van der Waals surface area contributed by atoms with Crippen molar-refractivity contribution in [1.82, 2.24) is 4.90 Å². The second-order valence-corrected chi connectivity index (χ2v) is 5.09. The summed E-state index contributed by atoms with van der Waals surface area (Å²) >= 11 is 0. The van der Waals surface area contributed by atoms with Crippen LogP contribution in [0.4, 0.5) is 0 Å². The van der Waals surface area contributed by atoms with Gasteiger partial charge in [0.15, 0.2) is 0 Å². The maximum absolute atomic E-state index is 6.10. The fraction of sp³-hybridized carbons (Fsp3) is 1.00. The Labute approximate surface area is 93.0 Å². The van der Waals surface area contributed by atoms with Gasteiger partial charge in [0.05, 0.1) is 6.10 Å². The lowest BCUT2D eigenvalue weighted by Crippen LogP contribution is -2.46. The van der Waals surface area contributed by atoms with Crippen LogP contribution < -0.4 is 5.73 Å². The minimum absolute atomic E-state index is 0.388. The highest BCUT2D eigenvalue weighted by atomic mass is 16.5. The highest BCUT2D eigenvalue weighted by Crippen LogP contribution is 2.23. The van der Waals surface area contributed by atoms with Crippen molar-refractivity contribution >= 4 is 0 Å². The largest absolute Gasteiger partial charge is 0.377 e. The normalized spacial score (nSPS) is 37.4. The second-order valence-electron chi connectivity index (χ2n) is 5.09. The molecule has 2 rings (SSSR count). The van der Waals surface area contributed by atoms with Crippen molar-refractivity contribution in [2.75, 3.05) is 20.2 Å². The maximum Gasteiger partial charge on any atom is 0.0702 e. The van der Waals surface area contributed by atoms with Gasteiger partial charge in [-0.25, -0.2) is 0 Å². The summed E-state index contributed by atoms with van der Waals surface area (Å²) in [6.45, 7) is 2.02. The van der Waals surface area contributed by atoms with Gasteiger partial charge in [0.25, 0.3) is 0 Å². The average Bonchev–Trinajstić information content (AvgIpc) is 2.66. The van der Waals surface area contributed by atoms with Gasteiger partial charge in [0, 0.05) is 25.2 Å². The van der Waals surface area contributed by atoms with Gasteiger partial charge in [-0.05, 0) is 39.2 Å². The monoisotopic (exact) mass is 212 g/mol. The van der Waals surface area contributed by atoms with E-state index in [2.05, 4.69) is 11.9 Å². The molecule has 2 aliphatic rings. The van der Waals surface area contributed by atoms with Gasteiger partial charge in [-0.1, -0.05) is 6.42 Å². The molecule has 0 aromatic heterocycles. The third kappa shape index (κ3) is 2.92. The van der Waals surface area contributed by atoms with Gasteiger partial charge in [-0.3, -0.25) is 4.90 Å². The predicted octanol–water partition coefficient (Wildman–Crippen LogP) is 1.37. The molecular weight excluding hydrogens is 188 g/mol. The molecule has 15 heavy (non-hydrogen) atoms. The van der Waals surface area contributed by atoms with Crippen molar-refractivity contribution in [3.63, 3.8) is 0 Å². The van der Waals surface area contributed by atoms with Crippen LogP contribution in [0.3, 0.4) is 0 Å². The van der Waals surface area contributed by atoms with Crippen LogP contribution in [0, 0.1) is 0 Å². The number of nitrogens with two attached hydrogens (primary N) is 1. The first kappa shape index (κ1) is 11.4. The Kier molecular flexibility index (Phi) is 4.00. The molecule has 1 aliphatic heterocycles. The first-order valence-corrected chi connectivity index (χ1v) is 6.35. The summed E-state index contributed by atoms with van der Waals surface area (Å²) in [4.78, 5) is 2.42. The standard InChI is InChI=1S/C12H24N2O/c1-14(12-7-4-6-11(12)13)9-10-5-2-3-8-15-10/h10-12H,2-9,13H2,1H3. The minimum Gasteiger partial charge on any atom is -0.377 e. The topological polar surface area (TPSA) is 38.5 Å². The van der Waals surface area contributed by atoms with E-state index in [-0.39, 0.29) is 0 Å². The Hall–Kier alpha value is -0.120. The zero-order chi connectivity index (χ0) is 10.7. The molecule has 2 fully saturated rings. The van der Waals surface area contributed by atoms with Crippen molar-refractivity contribution < 1.29 is 4.74 Å². The molecule has 1 heterocycles. The van der Waals surface area contributed by atoms with Crippen molar-refractivity contribution in [2.45, 2.75) is 56.7 Å². The van der Waals surface area contributed by atoms with Gasteiger partial charge in [0.2, 0.25) is 0 Å². The summed E-state index contributed by atoms with van der Waals surface area (Å²) in [5.41, 5.74) is 6.10. The van der Waals surface area contributed by atoms with E-state index in [9.17, 15) is 0 Å². The molecule has 0 spiro atoms. The lowest BCUT2D eigenvalue weighted by Gasteiger charge is -2.32. The molecule has 3 nitrogen and oxygen atoms in total. The van der Waals surface area contributed by atoms with Crippen LogP contribution in [0.15, 0.2) is 0 Å². The molecule has 0 amide bonds. The highest BCUT2D eigenvalue weighted by Gasteiger charge is 2.29. The molecule has 2 N–H and O–H groups in total. The van der Waals surface area contributed by atoms with Crippen LogP contribution in [-0.4, -0.2) is 43.3 Å². The lowest BCUT2D eigenvalue weighted by atomic mass is 10.1. The van der Waals surface area contributed by atoms with Crippen LogP contribution in [-0.2, 0) is 4.74 Å². The third-order valence-corrected chi connectivity index (χ3v) is 3.86. The Morgan fingerprint density at radius 2 is 2.07 bits per heavy atom. The smallest absolute Gasteiger partial charge is 0.0702 e. The van der Waals surface area contributed by atoms with Crippen LogP contribution in [0.2, 0.25) is 0 Å². The van der Waals surface area contributed by atoms with Crippen molar-refractivity contribution in [2.24, 2.45) is 5.73 Å². The number of rotatable bonds is 3. The maximum atomic E-state index is 6.10. The summed E-state index contributed by atoms with van der Waals surface area (Å²) in [7, 11) is 2.20. The summed E-state index contributed by atoms with van der Waals surface area (Å²) in [6.07, 6.45) is 8.01. The molecule has 1 saturated heterocycles. The fourth-order valence-corrected chi connectivity index (χ4v) is 2.92. The second kappa shape index (κ2) is 5.28. The predicted molar refractivity (Wildman–Crippen MR) is 61.8 cm³/mol. The molecule has 3 unspecified atom stereocenters. The van der Waals surface area contributed by atoms with Gasteiger partial charge < -0.3 is 10.5 Å². The van der Waals surface area contributed by atoms with Crippen molar-refractivity contribution in [3.05, 3.63) is 0 Å². The summed E-state index contributed by atoms with van der Waals surface area (Å²) < 4.78 is 5.76. The third-order valence-electron chi connectivity index (χ3n) is 3.86. The SMILES string of the molecule is CN(CC1CCCCO1)C1CCCC1N. The van der Waals surface area contributed by atoms with Crippen molar-refractivity contribution in [3.8, 4) is 0 Å². The Balaban J connectivity index is 1.77. The quantitative estimate of drug-likeness (QED) is 0.768. The van der Waals surface area contributed by atoms with Gasteiger partial charge in [-0.15, -0.1) is 0 Å². The molecule has 0 radical (unpaired) electrons. The van der Waals surface area contributed by atoms with E-state index in [0.717, 1.165) is 13.2 Å². The lowest BCUT2D eigenvalue weighted by molar-refractivity contribution is -0.00867. The van der Waals surface area contributed by atoms with Crippen LogP contribution in [0.1, 0.15) is 38.5 Å². The van der Waals surface area contributed by atoms with E-state index in [1.807, 2.05) is 0 Å². The van der Waals surface area contributed by atoms with E-state index in [1.54, 1.807) is 0 Å².